The fourth-order valence-electron chi connectivity index (χ4n) is 1.51. The minimum atomic E-state index is -1.27. The molecule has 2 aromatic rings. The molecule has 0 bridgehead atoms. The van der Waals surface area contributed by atoms with Gasteiger partial charge in [0.1, 0.15) is 11.5 Å². The lowest BCUT2D eigenvalue weighted by Gasteiger charge is -2.06. The van der Waals surface area contributed by atoms with Crippen LogP contribution in [0, 0.1) is 18.6 Å². The molecule has 0 spiro atoms. The number of benzene rings is 1. The van der Waals surface area contributed by atoms with Gasteiger partial charge in [0.05, 0.1) is 16.3 Å². The van der Waals surface area contributed by atoms with Crippen LogP contribution in [-0.2, 0) is 0 Å². The van der Waals surface area contributed by atoms with Crippen molar-refractivity contribution in [3.05, 3.63) is 40.0 Å². The molecule has 0 saturated heterocycles. The van der Waals surface area contributed by atoms with Crippen molar-refractivity contribution in [2.24, 2.45) is 0 Å². The second-order valence-electron chi connectivity index (χ2n) is 3.65. The maximum absolute atomic E-state index is 13.8. The number of H-pyrrole nitrogens is 1. The Bertz CT molecular complexity index is 614. The lowest BCUT2D eigenvalue weighted by atomic mass is 10.1. The Balaban J connectivity index is 2.66. The van der Waals surface area contributed by atoms with E-state index in [1.54, 1.807) is 0 Å². The summed E-state index contributed by atoms with van der Waals surface area (Å²) in [4.78, 5) is 10.7. The lowest BCUT2D eigenvalue weighted by molar-refractivity contribution is 0.0690. The van der Waals surface area contributed by atoms with Crippen molar-refractivity contribution >= 4 is 17.6 Å². The van der Waals surface area contributed by atoms with Gasteiger partial charge in [0.2, 0.25) is 0 Å². The summed E-state index contributed by atoms with van der Waals surface area (Å²) in [5, 5.41) is 14.2. The molecule has 0 unspecified atom stereocenters. The molecule has 1 aromatic heterocycles. The SMILES string of the molecule is Cc1cc(Cl)c(F)c(-c2cc(C(=O)O)[nH]n2)c1F. The Hall–Kier alpha value is -1.95. The molecule has 2 rings (SSSR count). The minimum absolute atomic E-state index is 0.145. The fraction of sp³-hybridized carbons (Fsp3) is 0.0909. The molecule has 0 saturated carbocycles. The number of carboxylic acid groups (broad SMARTS) is 1. The molecule has 18 heavy (non-hydrogen) atoms. The number of aromatic nitrogens is 2. The number of aryl methyl sites for hydroxylation is 1. The first kappa shape index (κ1) is 12.5. The van der Waals surface area contributed by atoms with Crippen LogP contribution in [0.4, 0.5) is 8.78 Å². The highest BCUT2D eigenvalue weighted by molar-refractivity contribution is 6.31. The summed E-state index contributed by atoms with van der Waals surface area (Å²) in [5.74, 6) is -3.06. The van der Waals surface area contributed by atoms with Gasteiger partial charge >= 0.3 is 5.97 Å². The highest BCUT2D eigenvalue weighted by Gasteiger charge is 2.20. The van der Waals surface area contributed by atoms with Gasteiger partial charge in [-0.3, -0.25) is 5.10 Å². The van der Waals surface area contributed by atoms with Crippen LogP contribution in [0.15, 0.2) is 12.1 Å². The van der Waals surface area contributed by atoms with Gasteiger partial charge in [-0.1, -0.05) is 11.6 Å². The van der Waals surface area contributed by atoms with Crippen LogP contribution in [0.1, 0.15) is 16.1 Å². The third-order valence-corrected chi connectivity index (χ3v) is 2.68. The zero-order valence-corrected chi connectivity index (χ0v) is 9.85. The Morgan fingerprint density at radius 3 is 2.61 bits per heavy atom. The van der Waals surface area contributed by atoms with Crippen molar-refractivity contribution < 1.29 is 18.7 Å². The topological polar surface area (TPSA) is 66.0 Å². The first-order chi connectivity index (χ1) is 8.41. The van der Waals surface area contributed by atoms with Crippen LogP contribution < -0.4 is 0 Å². The highest BCUT2D eigenvalue weighted by atomic mass is 35.5. The summed E-state index contributed by atoms with van der Waals surface area (Å²) in [6.45, 7) is 1.43. The quantitative estimate of drug-likeness (QED) is 0.826. The second-order valence-corrected chi connectivity index (χ2v) is 4.06. The zero-order valence-electron chi connectivity index (χ0n) is 9.09. The number of aromatic amines is 1. The van der Waals surface area contributed by atoms with E-state index in [1.807, 2.05) is 0 Å². The molecule has 2 N–H and O–H groups in total. The van der Waals surface area contributed by atoms with E-state index in [1.165, 1.54) is 6.92 Å². The number of nitrogens with zero attached hydrogens (tertiary/aromatic N) is 1. The van der Waals surface area contributed by atoms with E-state index in [-0.39, 0.29) is 22.0 Å². The van der Waals surface area contributed by atoms with Gasteiger partial charge in [-0.05, 0) is 24.6 Å². The number of nitrogens with one attached hydrogen (secondary N) is 1. The van der Waals surface area contributed by atoms with E-state index in [2.05, 4.69) is 10.2 Å². The first-order valence-electron chi connectivity index (χ1n) is 4.85. The highest BCUT2D eigenvalue weighted by Crippen LogP contribution is 2.31. The van der Waals surface area contributed by atoms with Crippen molar-refractivity contribution in [1.82, 2.24) is 10.2 Å². The Morgan fingerprint density at radius 1 is 1.39 bits per heavy atom. The van der Waals surface area contributed by atoms with E-state index < -0.39 is 23.2 Å². The van der Waals surface area contributed by atoms with Gasteiger partial charge in [0, 0.05) is 0 Å². The number of halogens is 3. The summed E-state index contributed by atoms with van der Waals surface area (Å²) < 4.78 is 27.6. The number of hydrogen-bond donors (Lipinski definition) is 2. The molecule has 0 fully saturated rings. The van der Waals surface area contributed by atoms with Gasteiger partial charge in [-0.25, -0.2) is 13.6 Å². The first-order valence-corrected chi connectivity index (χ1v) is 5.22. The molecule has 7 heteroatoms. The summed E-state index contributed by atoms with van der Waals surface area (Å²) in [7, 11) is 0. The maximum Gasteiger partial charge on any atom is 0.353 e. The molecule has 0 radical (unpaired) electrons. The van der Waals surface area contributed by atoms with E-state index in [0.29, 0.717) is 0 Å². The smallest absolute Gasteiger partial charge is 0.353 e. The molecule has 0 aliphatic carbocycles. The molecule has 0 aliphatic heterocycles. The van der Waals surface area contributed by atoms with Gasteiger partial charge in [-0.2, -0.15) is 5.10 Å². The van der Waals surface area contributed by atoms with Gasteiger partial charge in [-0.15, -0.1) is 0 Å². The zero-order chi connectivity index (χ0) is 13.4. The Morgan fingerprint density at radius 2 is 2.06 bits per heavy atom. The number of hydrogen-bond acceptors (Lipinski definition) is 2. The average Bonchev–Trinajstić information content (AvgIpc) is 2.76. The lowest BCUT2D eigenvalue weighted by Crippen LogP contribution is -1.95. The van der Waals surface area contributed by atoms with E-state index in [0.717, 1.165) is 12.1 Å². The van der Waals surface area contributed by atoms with Crippen molar-refractivity contribution in [2.75, 3.05) is 0 Å². The van der Waals surface area contributed by atoms with E-state index in [4.69, 9.17) is 16.7 Å². The molecular weight excluding hydrogens is 266 g/mol. The molecule has 0 aliphatic rings. The monoisotopic (exact) mass is 272 g/mol. The van der Waals surface area contributed by atoms with Crippen LogP contribution >= 0.6 is 11.6 Å². The summed E-state index contributed by atoms with van der Waals surface area (Å²) in [6.07, 6.45) is 0. The molecule has 4 nitrogen and oxygen atoms in total. The van der Waals surface area contributed by atoms with Crippen molar-refractivity contribution in [2.45, 2.75) is 6.92 Å². The third-order valence-electron chi connectivity index (χ3n) is 2.40. The number of rotatable bonds is 2. The molecule has 1 aromatic carbocycles. The molecule has 1 heterocycles. The van der Waals surface area contributed by atoms with E-state index in [9.17, 15) is 13.6 Å². The Labute approximate surface area is 105 Å². The van der Waals surface area contributed by atoms with Gasteiger partial charge in [0.25, 0.3) is 0 Å². The molecule has 94 valence electrons. The van der Waals surface area contributed by atoms with Crippen molar-refractivity contribution in [3.63, 3.8) is 0 Å². The van der Waals surface area contributed by atoms with Crippen LogP contribution in [0.2, 0.25) is 5.02 Å². The van der Waals surface area contributed by atoms with Crippen molar-refractivity contribution in [1.29, 1.82) is 0 Å². The van der Waals surface area contributed by atoms with Gasteiger partial charge in [0.15, 0.2) is 5.82 Å². The summed E-state index contributed by atoms with van der Waals surface area (Å²) in [6, 6.07) is 2.19. The van der Waals surface area contributed by atoms with E-state index >= 15 is 0 Å². The summed E-state index contributed by atoms with van der Waals surface area (Å²) >= 11 is 5.61. The molecule has 0 amide bonds. The Kier molecular flexibility index (Phi) is 3.04. The van der Waals surface area contributed by atoms with Gasteiger partial charge < -0.3 is 5.11 Å². The van der Waals surface area contributed by atoms with Crippen LogP contribution in [0.3, 0.4) is 0 Å². The second kappa shape index (κ2) is 4.38. The number of carboxylic acids is 1. The van der Waals surface area contributed by atoms with Crippen molar-refractivity contribution in [3.8, 4) is 11.3 Å². The predicted molar refractivity (Wildman–Crippen MR) is 60.6 cm³/mol. The fourth-order valence-corrected chi connectivity index (χ4v) is 1.77. The van der Waals surface area contributed by atoms with Crippen LogP contribution in [0.5, 0.6) is 0 Å². The van der Waals surface area contributed by atoms with Crippen LogP contribution in [0.25, 0.3) is 11.3 Å². The molecular formula is C11H7ClF2N2O2. The number of carbonyl (C=O) groups is 1. The molecule has 0 atom stereocenters. The predicted octanol–water partition coefficient (Wildman–Crippen LogP) is 3.01. The minimum Gasteiger partial charge on any atom is -0.477 e. The maximum atomic E-state index is 13.8. The summed E-state index contributed by atoms with van der Waals surface area (Å²) in [5.41, 5.74) is -0.700. The standard InChI is InChI=1S/C11H7ClF2N2O2/c1-4-2-5(12)10(14)8(9(4)13)6-3-7(11(17)18)16-15-6/h2-3H,1H3,(H,15,16)(H,17,18). The largest absolute Gasteiger partial charge is 0.477 e. The average molecular weight is 273 g/mol. The normalized spacial score (nSPS) is 10.7. The number of aromatic carboxylic acids is 1. The van der Waals surface area contributed by atoms with Crippen LogP contribution in [-0.4, -0.2) is 21.3 Å². The third kappa shape index (κ3) is 1.95.